The van der Waals surface area contributed by atoms with Gasteiger partial charge in [0.25, 0.3) is 0 Å². The van der Waals surface area contributed by atoms with Crippen LogP contribution in [0.2, 0.25) is 5.02 Å². The van der Waals surface area contributed by atoms with Crippen LogP contribution in [0.5, 0.6) is 0 Å². The molecule has 0 aliphatic heterocycles. The minimum atomic E-state index is -1.14. The Morgan fingerprint density at radius 1 is 1.29 bits per heavy atom. The smallest absolute Gasteiger partial charge is 0.415 e. The first-order chi connectivity index (χ1) is 11.2. The first kappa shape index (κ1) is 17.9. The third kappa shape index (κ3) is 4.52. The molecule has 0 aliphatic carbocycles. The van der Waals surface area contributed by atoms with Crippen molar-refractivity contribution in [2.45, 2.75) is 32.9 Å². The molecular formula is C17H18ClNO5. The van der Waals surface area contributed by atoms with Gasteiger partial charge in [-0.2, -0.15) is 0 Å². The van der Waals surface area contributed by atoms with Crippen molar-refractivity contribution < 1.29 is 23.8 Å². The number of benzene rings is 1. The van der Waals surface area contributed by atoms with E-state index in [0.29, 0.717) is 11.4 Å². The Morgan fingerprint density at radius 2 is 2.00 bits per heavy atom. The second kappa shape index (κ2) is 6.97. The summed E-state index contributed by atoms with van der Waals surface area (Å²) in [5, 5.41) is 9.10. The maximum Gasteiger partial charge on any atom is 0.415 e. The van der Waals surface area contributed by atoms with Gasteiger partial charge >= 0.3 is 12.1 Å². The van der Waals surface area contributed by atoms with E-state index in [0.717, 1.165) is 0 Å². The fraction of sp³-hybridized carbons (Fsp3) is 0.294. The number of carboxylic acids is 1. The van der Waals surface area contributed by atoms with Gasteiger partial charge < -0.3 is 14.3 Å². The fourth-order valence-corrected chi connectivity index (χ4v) is 2.24. The SMILES string of the molecule is CC(C)(C)OC(=O)N(Cc1ccco1)c1ccc(C(=O)O)c(Cl)c1. The van der Waals surface area contributed by atoms with Gasteiger partial charge in [-0.3, -0.25) is 4.90 Å². The van der Waals surface area contributed by atoms with Crippen LogP contribution < -0.4 is 4.90 Å². The maximum atomic E-state index is 12.5. The van der Waals surface area contributed by atoms with Crippen molar-refractivity contribution >= 4 is 29.4 Å². The number of hydrogen-bond acceptors (Lipinski definition) is 4. The van der Waals surface area contributed by atoms with Crippen molar-refractivity contribution in [1.82, 2.24) is 0 Å². The zero-order valence-electron chi connectivity index (χ0n) is 13.6. The normalized spacial score (nSPS) is 11.2. The zero-order valence-corrected chi connectivity index (χ0v) is 14.3. The van der Waals surface area contributed by atoms with Crippen LogP contribution in [-0.2, 0) is 11.3 Å². The second-order valence-electron chi connectivity index (χ2n) is 6.12. The van der Waals surface area contributed by atoms with E-state index >= 15 is 0 Å². The Labute approximate surface area is 144 Å². The van der Waals surface area contributed by atoms with Crippen molar-refractivity contribution in [2.75, 3.05) is 4.90 Å². The number of nitrogens with zero attached hydrogens (tertiary/aromatic N) is 1. The molecule has 1 amide bonds. The Balaban J connectivity index is 2.36. The van der Waals surface area contributed by atoms with E-state index in [1.54, 1.807) is 32.9 Å². The highest BCUT2D eigenvalue weighted by Gasteiger charge is 2.25. The summed E-state index contributed by atoms with van der Waals surface area (Å²) < 4.78 is 10.7. The average Bonchev–Trinajstić information content (AvgIpc) is 2.95. The van der Waals surface area contributed by atoms with Crippen molar-refractivity contribution in [3.63, 3.8) is 0 Å². The first-order valence-corrected chi connectivity index (χ1v) is 7.61. The summed E-state index contributed by atoms with van der Waals surface area (Å²) >= 11 is 6.01. The molecule has 2 aromatic rings. The number of halogens is 1. The van der Waals surface area contributed by atoms with Gasteiger partial charge in [-0.05, 0) is 51.1 Å². The summed E-state index contributed by atoms with van der Waals surface area (Å²) in [6, 6.07) is 7.70. The van der Waals surface area contributed by atoms with Gasteiger partial charge in [0.2, 0.25) is 0 Å². The molecule has 0 radical (unpaired) electrons. The van der Waals surface area contributed by atoms with Crippen molar-refractivity contribution in [3.8, 4) is 0 Å². The highest BCUT2D eigenvalue weighted by molar-refractivity contribution is 6.33. The highest BCUT2D eigenvalue weighted by Crippen LogP contribution is 2.27. The molecule has 0 aliphatic rings. The monoisotopic (exact) mass is 351 g/mol. The van der Waals surface area contributed by atoms with Crippen LogP contribution in [0.1, 0.15) is 36.9 Å². The number of carboxylic acid groups (broad SMARTS) is 1. The predicted molar refractivity (Wildman–Crippen MR) is 89.5 cm³/mol. The molecule has 24 heavy (non-hydrogen) atoms. The van der Waals surface area contributed by atoms with E-state index in [-0.39, 0.29) is 17.1 Å². The van der Waals surface area contributed by atoms with Gasteiger partial charge in [-0.25, -0.2) is 9.59 Å². The molecule has 1 aromatic heterocycles. The molecule has 0 saturated heterocycles. The predicted octanol–water partition coefficient (Wildman–Crippen LogP) is 4.57. The van der Waals surface area contributed by atoms with E-state index < -0.39 is 17.7 Å². The fourth-order valence-electron chi connectivity index (χ4n) is 1.98. The van der Waals surface area contributed by atoms with Crippen LogP contribution >= 0.6 is 11.6 Å². The Hall–Kier alpha value is -2.47. The number of carbonyl (C=O) groups is 2. The van der Waals surface area contributed by atoms with Gasteiger partial charge in [-0.15, -0.1) is 0 Å². The lowest BCUT2D eigenvalue weighted by atomic mass is 10.2. The number of anilines is 1. The number of rotatable bonds is 4. The van der Waals surface area contributed by atoms with Gasteiger partial charge in [0.1, 0.15) is 11.4 Å². The largest absolute Gasteiger partial charge is 0.478 e. The summed E-state index contributed by atoms with van der Waals surface area (Å²) in [5.41, 5.74) is -0.304. The lowest BCUT2D eigenvalue weighted by molar-refractivity contribution is 0.0574. The number of hydrogen-bond donors (Lipinski definition) is 1. The zero-order chi connectivity index (χ0) is 17.9. The summed E-state index contributed by atoms with van der Waals surface area (Å²) in [6.07, 6.45) is 0.918. The molecule has 0 spiro atoms. The van der Waals surface area contributed by atoms with Crippen LogP contribution in [0.25, 0.3) is 0 Å². The Kier molecular flexibility index (Phi) is 5.19. The van der Waals surface area contributed by atoms with Crippen LogP contribution in [0.15, 0.2) is 41.0 Å². The lowest BCUT2D eigenvalue weighted by Crippen LogP contribution is -2.36. The lowest BCUT2D eigenvalue weighted by Gasteiger charge is -2.27. The van der Waals surface area contributed by atoms with Crippen LogP contribution in [0.3, 0.4) is 0 Å². The number of furan rings is 1. The molecule has 0 saturated carbocycles. The molecule has 6 nitrogen and oxygen atoms in total. The van der Waals surface area contributed by atoms with E-state index in [9.17, 15) is 9.59 Å². The van der Waals surface area contributed by atoms with Crippen LogP contribution in [0, 0.1) is 0 Å². The van der Waals surface area contributed by atoms with Gasteiger partial charge in [0.15, 0.2) is 0 Å². The van der Waals surface area contributed by atoms with Crippen molar-refractivity contribution in [2.24, 2.45) is 0 Å². The Morgan fingerprint density at radius 3 is 2.50 bits per heavy atom. The molecular weight excluding hydrogens is 334 g/mol. The van der Waals surface area contributed by atoms with Gasteiger partial charge in [0.05, 0.1) is 23.4 Å². The van der Waals surface area contributed by atoms with E-state index in [1.807, 2.05) is 0 Å². The molecule has 0 atom stereocenters. The maximum absolute atomic E-state index is 12.5. The van der Waals surface area contributed by atoms with Crippen molar-refractivity contribution in [3.05, 3.63) is 52.9 Å². The average molecular weight is 352 g/mol. The standard InChI is InChI=1S/C17H18ClNO5/c1-17(2,3)24-16(22)19(10-12-5-4-8-23-12)11-6-7-13(15(20)21)14(18)9-11/h4-9H,10H2,1-3H3,(H,20,21). The number of ether oxygens (including phenoxy) is 1. The van der Waals surface area contributed by atoms with E-state index in [1.165, 1.54) is 29.4 Å². The minimum Gasteiger partial charge on any atom is -0.478 e. The highest BCUT2D eigenvalue weighted by atomic mass is 35.5. The van der Waals surface area contributed by atoms with Crippen LogP contribution in [-0.4, -0.2) is 22.8 Å². The molecule has 2 rings (SSSR count). The molecule has 128 valence electrons. The second-order valence-corrected chi connectivity index (χ2v) is 6.52. The van der Waals surface area contributed by atoms with E-state index in [2.05, 4.69) is 0 Å². The number of amides is 1. The summed E-state index contributed by atoms with van der Waals surface area (Å²) in [7, 11) is 0. The first-order valence-electron chi connectivity index (χ1n) is 7.23. The number of carbonyl (C=O) groups excluding carboxylic acids is 1. The summed E-state index contributed by atoms with van der Waals surface area (Å²) in [4.78, 5) is 24.9. The summed E-state index contributed by atoms with van der Waals surface area (Å²) in [5.74, 6) is -0.583. The van der Waals surface area contributed by atoms with Crippen LogP contribution in [0.4, 0.5) is 10.5 Å². The summed E-state index contributed by atoms with van der Waals surface area (Å²) in [6.45, 7) is 5.41. The third-order valence-corrected chi connectivity index (χ3v) is 3.32. The Bertz CT molecular complexity index is 734. The molecule has 0 bridgehead atoms. The molecule has 0 fully saturated rings. The van der Waals surface area contributed by atoms with Crippen molar-refractivity contribution in [1.29, 1.82) is 0 Å². The number of aromatic carboxylic acids is 1. The molecule has 1 heterocycles. The molecule has 1 aromatic carbocycles. The third-order valence-electron chi connectivity index (χ3n) is 3.00. The quantitative estimate of drug-likeness (QED) is 0.872. The molecule has 0 unspecified atom stereocenters. The van der Waals surface area contributed by atoms with E-state index in [4.69, 9.17) is 25.9 Å². The molecule has 1 N–H and O–H groups in total. The molecule has 7 heteroatoms. The van der Waals surface area contributed by atoms with Gasteiger partial charge in [-0.1, -0.05) is 11.6 Å². The topological polar surface area (TPSA) is 80.0 Å². The van der Waals surface area contributed by atoms with Gasteiger partial charge in [0, 0.05) is 5.69 Å². The minimum absolute atomic E-state index is 0.0352.